The number of alkyl halides is 3. The highest BCUT2D eigenvalue weighted by molar-refractivity contribution is 6.04. The Kier molecular flexibility index (Phi) is 2.85. The molecule has 0 saturated heterocycles. The van der Waals surface area contributed by atoms with E-state index in [-0.39, 0.29) is 29.5 Å². The Morgan fingerprint density at radius 2 is 2.12 bits per heavy atom. The summed E-state index contributed by atoms with van der Waals surface area (Å²) in [5.41, 5.74) is -0.686. The zero-order chi connectivity index (χ0) is 12.6. The van der Waals surface area contributed by atoms with Gasteiger partial charge in [0.1, 0.15) is 0 Å². The van der Waals surface area contributed by atoms with Crippen LogP contribution in [0.15, 0.2) is 18.2 Å². The van der Waals surface area contributed by atoms with Gasteiger partial charge in [0.05, 0.1) is 11.3 Å². The SMILES string of the molecule is CC[C@@H]1CC(=O)c2cccc(C(F)(F)F)c2N1. The third-order valence-corrected chi connectivity index (χ3v) is 2.94. The fraction of sp³-hybridized carbons (Fsp3) is 0.417. The molecule has 1 aromatic rings. The van der Waals surface area contributed by atoms with Gasteiger partial charge in [-0.2, -0.15) is 13.2 Å². The molecule has 1 atom stereocenters. The number of halogens is 3. The van der Waals surface area contributed by atoms with E-state index in [4.69, 9.17) is 0 Å². The zero-order valence-electron chi connectivity index (χ0n) is 9.27. The lowest BCUT2D eigenvalue weighted by Crippen LogP contribution is -2.30. The lowest BCUT2D eigenvalue weighted by atomic mass is 9.93. The van der Waals surface area contributed by atoms with Gasteiger partial charge in [-0.1, -0.05) is 13.0 Å². The smallest absolute Gasteiger partial charge is 0.381 e. The van der Waals surface area contributed by atoms with Crippen LogP contribution in [0.4, 0.5) is 18.9 Å². The third kappa shape index (κ3) is 2.14. The van der Waals surface area contributed by atoms with Crippen molar-refractivity contribution in [3.63, 3.8) is 0 Å². The number of carbonyl (C=O) groups excluding carboxylic acids is 1. The third-order valence-electron chi connectivity index (χ3n) is 2.94. The summed E-state index contributed by atoms with van der Waals surface area (Å²) in [6.07, 6.45) is -3.56. The van der Waals surface area contributed by atoms with Gasteiger partial charge in [0.2, 0.25) is 0 Å². The molecule has 92 valence electrons. The zero-order valence-corrected chi connectivity index (χ0v) is 9.27. The number of hydrogen-bond acceptors (Lipinski definition) is 2. The van der Waals surface area contributed by atoms with Crippen LogP contribution in [0.1, 0.15) is 35.7 Å². The first-order valence-corrected chi connectivity index (χ1v) is 5.43. The summed E-state index contributed by atoms with van der Waals surface area (Å²) >= 11 is 0. The molecule has 0 aromatic heterocycles. The number of rotatable bonds is 1. The van der Waals surface area contributed by atoms with Crippen LogP contribution in [-0.4, -0.2) is 11.8 Å². The average Bonchev–Trinajstić information content (AvgIpc) is 2.26. The molecule has 1 N–H and O–H groups in total. The Balaban J connectivity index is 2.53. The number of hydrogen-bond donors (Lipinski definition) is 1. The van der Waals surface area contributed by atoms with Gasteiger partial charge < -0.3 is 5.32 Å². The molecule has 0 spiro atoms. The maximum absolute atomic E-state index is 12.8. The van der Waals surface area contributed by atoms with Gasteiger partial charge in [0.25, 0.3) is 0 Å². The van der Waals surface area contributed by atoms with E-state index in [1.54, 1.807) is 0 Å². The van der Waals surface area contributed by atoms with Crippen LogP contribution in [0.5, 0.6) is 0 Å². The highest BCUT2D eigenvalue weighted by Crippen LogP contribution is 2.39. The number of ketones is 1. The second-order valence-electron chi connectivity index (χ2n) is 4.10. The van der Waals surface area contributed by atoms with Crippen molar-refractivity contribution in [2.75, 3.05) is 5.32 Å². The highest BCUT2D eigenvalue weighted by atomic mass is 19.4. The summed E-state index contributed by atoms with van der Waals surface area (Å²) < 4.78 is 38.3. The van der Waals surface area contributed by atoms with Crippen molar-refractivity contribution >= 4 is 11.5 Å². The molecule has 0 saturated carbocycles. The van der Waals surface area contributed by atoms with Crippen LogP contribution >= 0.6 is 0 Å². The summed E-state index contributed by atoms with van der Waals surface area (Å²) in [5, 5.41) is 2.81. The molecule has 1 aromatic carbocycles. The van der Waals surface area contributed by atoms with Crippen LogP contribution in [0.2, 0.25) is 0 Å². The molecule has 0 radical (unpaired) electrons. The van der Waals surface area contributed by atoms with Crippen LogP contribution in [0.25, 0.3) is 0 Å². The van der Waals surface area contributed by atoms with Crippen molar-refractivity contribution < 1.29 is 18.0 Å². The topological polar surface area (TPSA) is 29.1 Å². The Morgan fingerprint density at radius 1 is 1.41 bits per heavy atom. The van der Waals surface area contributed by atoms with E-state index in [2.05, 4.69) is 5.32 Å². The quantitative estimate of drug-likeness (QED) is 0.818. The molecule has 1 heterocycles. The number of benzene rings is 1. The van der Waals surface area contributed by atoms with Gasteiger partial charge in [-0.15, -0.1) is 0 Å². The molecule has 0 bridgehead atoms. The molecule has 1 aliphatic heterocycles. The molecule has 5 heteroatoms. The van der Waals surface area contributed by atoms with Gasteiger partial charge in [-0.25, -0.2) is 0 Å². The van der Waals surface area contributed by atoms with E-state index in [9.17, 15) is 18.0 Å². The fourth-order valence-corrected chi connectivity index (χ4v) is 2.01. The maximum Gasteiger partial charge on any atom is 0.418 e. The second-order valence-corrected chi connectivity index (χ2v) is 4.10. The molecule has 2 nitrogen and oxygen atoms in total. The fourth-order valence-electron chi connectivity index (χ4n) is 2.01. The van der Waals surface area contributed by atoms with Gasteiger partial charge in [-0.05, 0) is 18.6 Å². The Labute approximate surface area is 96.8 Å². The van der Waals surface area contributed by atoms with Gasteiger partial charge in [-0.3, -0.25) is 4.79 Å². The monoisotopic (exact) mass is 243 g/mol. The number of fused-ring (bicyclic) bond motifs is 1. The van der Waals surface area contributed by atoms with E-state index >= 15 is 0 Å². The number of Topliss-reactive ketones (excluding diaryl/α,β-unsaturated/α-hetero) is 1. The Morgan fingerprint density at radius 3 is 2.71 bits per heavy atom. The number of para-hydroxylation sites is 1. The normalized spacial score (nSPS) is 19.8. The minimum absolute atomic E-state index is 0.0666. The molecule has 17 heavy (non-hydrogen) atoms. The molecule has 0 amide bonds. The summed E-state index contributed by atoms with van der Waals surface area (Å²) in [6.45, 7) is 1.84. The van der Waals surface area contributed by atoms with Gasteiger partial charge in [0.15, 0.2) is 5.78 Å². The second kappa shape index (κ2) is 4.05. The van der Waals surface area contributed by atoms with Crippen LogP contribution in [-0.2, 0) is 6.18 Å². The van der Waals surface area contributed by atoms with Crippen molar-refractivity contribution in [1.29, 1.82) is 0 Å². The molecule has 2 rings (SSSR count). The number of anilines is 1. The van der Waals surface area contributed by atoms with E-state index < -0.39 is 11.7 Å². The summed E-state index contributed by atoms with van der Waals surface area (Å²) in [6, 6.07) is 3.50. The maximum atomic E-state index is 12.8. The van der Waals surface area contributed by atoms with Gasteiger partial charge in [0, 0.05) is 18.0 Å². The average molecular weight is 243 g/mol. The summed E-state index contributed by atoms with van der Waals surface area (Å²) in [5.74, 6) is -0.225. The predicted octanol–water partition coefficient (Wildman–Crippen LogP) is 3.48. The lowest BCUT2D eigenvalue weighted by Gasteiger charge is -2.27. The Bertz CT molecular complexity index is 454. The minimum Gasteiger partial charge on any atom is -0.381 e. The van der Waals surface area contributed by atoms with Crippen molar-refractivity contribution in [3.05, 3.63) is 29.3 Å². The lowest BCUT2D eigenvalue weighted by molar-refractivity contribution is -0.137. The molecule has 0 aliphatic carbocycles. The molecule has 0 fully saturated rings. The van der Waals surface area contributed by atoms with Crippen LogP contribution < -0.4 is 5.32 Å². The molecular weight excluding hydrogens is 231 g/mol. The first kappa shape index (κ1) is 12.0. The first-order chi connectivity index (χ1) is 7.93. The van der Waals surface area contributed by atoms with E-state index in [0.717, 1.165) is 6.07 Å². The van der Waals surface area contributed by atoms with Gasteiger partial charge >= 0.3 is 6.18 Å². The summed E-state index contributed by atoms with van der Waals surface area (Å²) in [7, 11) is 0. The van der Waals surface area contributed by atoms with E-state index in [1.165, 1.54) is 12.1 Å². The van der Waals surface area contributed by atoms with Crippen molar-refractivity contribution in [2.45, 2.75) is 32.0 Å². The van der Waals surface area contributed by atoms with Crippen LogP contribution in [0.3, 0.4) is 0 Å². The van der Waals surface area contributed by atoms with Crippen molar-refractivity contribution in [3.8, 4) is 0 Å². The molecule has 0 unspecified atom stereocenters. The number of nitrogens with one attached hydrogen (secondary N) is 1. The molecule has 1 aliphatic rings. The van der Waals surface area contributed by atoms with E-state index in [0.29, 0.717) is 6.42 Å². The first-order valence-electron chi connectivity index (χ1n) is 5.43. The summed E-state index contributed by atoms with van der Waals surface area (Å²) in [4.78, 5) is 11.7. The minimum atomic E-state index is -4.44. The standard InChI is InChI=1S/C12H12F3NO/c1-2-7-6-10(17)8-4-3-5-9(11(8)16-7)12(13,14)15/h3-5,7,16H,2,6H2,1H3/t7-/m1/s1. The number of carbonyl (C=O) groups is 1. The van der Waals surface area contributed by atoms with Crippen LogP contribution in [0, 0.1) is 0 Å². The predicted molar refractivity (Wildman–Crippen MR) is 58.1 cm³/mol. The highest BCUT2D eigenvalue weighted by Gasteiger charge is 2.37. The Hall–Kier alpha value is -1.52. The largest absolute Gasteiger partial charge is 0.418 e. The van der Waals surface area contributed by atoms with E-state index in [1.807, 2.05) is 6.92 Å². The van der Waals surface area contributed by atoms with Crippen molar-refractivity contribution in [1.82, 2.24) is 0 Å². The molecular formula is C12H12F3NO. The van der Waals surface area contributed by atoms with Crippen molar-refractivity contribution in [2.24, 2.45) is 0 Å².